The molecule has 4 nitrogen and oxygen atoms in total. The molecule has 110 valence electrons. The molecule has 1 aliphatic rings. The second-order valence-corrected chi connectivity index (χ2v) is 6.16. The first-order valence-electron chi connectivity index (χ1n) is 6.68. The van der Waals surface area contributed by atoms with Crippen LogP contribution in [0.15, 0.2) is 16.6 Å². The molecule has 1 aliphatic heterocycles. The Labute approximate surface area is 126 Å². The summed E-state index contributed by atoms with van der Waals surface area (Å²) in [5.74, 6) is -0.238. The van der Waals surface area contributed by atoms with E-state index in [1.54, 1.807) is 0 Å². The second kappa shape index (κ2) is 6.54. The van der Waals surface area contributed by atoms with Crippen molar-refractivity contribution in [1.82, 2.24) is 10.2 Å². The molecule has 1 amide bonds. The minimum absolute atomic E-state index is 0.0161. The predicted octanol–water partition coefficient (Wildman–Crippen LogP) is 2.24. The number of benzene rings is 1. The molecule has 1 aromatic carbocycles. The molecular weight excluding hydrogens is 325 g/mol. The van der Waals surface area contributed by atoms with Crippen molar-refractivity contribution in [3.8, 4) is 0 Å². The van der Waals surface area contributed by atoms with Crippen LogP contribution in [-0.2, 0) is 0 Å². The number of nitrogen functional groups attached to an aromatic ring is 1. The van der Waals surface area contributed by atoms with Crippen LogP contribution in [0.1, 0.15) is 23.2 Å². The van der Waals surface area contributed by atoms with E-state index in [-0.39, 0.29) is 11.6 Å². The lowest BCUT2D eigenvalue weighted by Crippen LogP contribution is -2.37. The van der Waals surface area contributed by atoms with E-state index in [4.69, 9.17) is 5.73 Å². The third kappa shape index (κ3) is 3.70. The SMILES string of the molecule is CN1CCC(CNC(=O)c2cc(N)c(F)cc2Br)CC1. The van der Waals surface area contributed by atoms with Crippen molar-refractivity contribution in [2.75, 3.05) is 32.4 Å². The average molecular weight is 344 g/mol. The largest absolute Gasteiger partial charge is 0.396 e. The zero-order valence-electron chi connectivity index (χ0n) is 11.5. The first-order valence-corrected chi connectivity index (χ1v) is 7.48. The number of piperidine rings is 1. The number of halogens is 2. The standard InChI is InChI=1S/C14H19BrFN3O/c1-19-4-2-9(3-5-19)8-18-14(20)10-6-13(17)12(16)7-11(10)15/h6-7,9H,2-5,8,17H2,1H3,(H,18,20). The zero-order valence-corrected chi connectivity index (χ0v) is 13.0. The van der Waals surface area contributed by atoms with Crippen LogP contribution in [-0.4, -0.2) is 37.5 Å². The maximum Gasteiger partial charge on any atom is 0.252 e. The first-order chi connectivity index (χ1) is 9.47. The number of nitrogens with zero attached hydrogens (tertiary/aromatic N) is 1. The van der Waals surface area contributed by atoms with E-state index in [0.717, 1.165) is 25.9 Å². The quantitative estimate of drug-likeness (QED) is 0.827. The number of amides is 1. The monoisotopic (exact) mass is 343 g/mol. The Bertz CT molecular complexity index is 501. The van der Waals surface area contributed by atoms with E-state index in [2.05, 4.69) is 33.2 Å². The van der Waals surface area contributed by atoms with Crippen molar-refractivity contribution in [2.45, 2.75) is 12.8 Å². The summed E-state index contributed by atoms with van der Waals surface area (Å²) < 4.78 is 13.7. The molecule has 0 bridgehead atoms. The van der Waals surface area contributed by atoms with Crippen LogP contribution in [0.2, 0.25) is 0 Å². The highest BCUT2D eigenvalue weighted by molar-refractivity contribution is 9.10. The normalized spacial score (nSPS) is 17.1. The van der Waals surface area contributed by atoms with Gasteiger partial charge in [-0.2, -0.15) is 0 Å². The second-order valence-electron chi connectivity index (χ2n) is 5.31. The van der Waals surface area contributed by atoms with Gasteiger partial charge in [-0.3, -0.25) is 4.79 Å². The smallest absolute Gasteiger partial charge is 0.252 e. The van der Waals surface area contributed by atoms with Gasteiger partial charge in [0.05, 0.1) is 11.3 Å². The van der Waals surface area contributed by atoms with Crippen LogP contribution in [0.5, 0.6) is 0 Å². The first kappa shape index (κ1) is 15.3. The highest BCUT2D eigenvalue weighted by Gasteiger charge is 2.19. The predicted molar refractivity (Wildman–Crippen MR) is 81.1 cm³/mol. The molecule has 0 spiro atoms. The van der Waals surface area contributed by atoms with E-state index in [9.17, 15) is 9.18 Å². The van der Waals surface area contributed by atoms with Crippen LogP contribution < -0.4 is 11.1 Å². The van der Waals surface area contributed by atoms with Gasteiger partial charge in [0.2, 0.25) is 0 Å². The Morgan fingerprint density at radius 2 is 2.15 bits per heavy atom. The van der Waals surface area contributed by atoms with Crippen LogP contribution in [0.3, 0.4) is 0 Å². The highest BCUT2D eigenvalue weighted by Crippen LogP contribution is 2.23. The molecule has 20 heavy (non-hydrogen) atoms. The summed E-state index contributed by atoms with van der Waals surface area (Å²) in [7, 11) is 2.10. The lowest BCUT2D eigenvalue weighted by Gasteiger charge is -2.29. The lowest BCUT2D eigenvalue weighted by molar-refractivity contribution is 0.0938. The number of likely N-dealkylation sites (tertiary alicyclic amines) is 1. The summed E-state index contributed by atoms with van der Waals surface area (Å²) >= 11 is 3.19. The molecule has 2 rings (SSSR count). The fraction of sp³-hybridized carbons (Fsp3) is 0.500. The van der Waals surface area contributed by atoms with Crippen molar-refractivity contribution in [3.63, 3.8) is 0 Å². The molecule has 1 aromatic rings. The van der Waals surface area contributed by atoms with Gasteiger partial charge < -0.3 is 16.0 Å². The number of hydrogen-bond acceptors (Lipinski definition) is 3. The maximum atomic E-state index is 13.2. The van der Waals surface area contributed by atoms with E-state index < -0.39 is 5.82 Å². The molecule has 1 saturated heterocycles. The van der Waals surface area contributed by atoms with Gasteiger partial charge in [0.25, 0.3) is 5.91 Å². The number of rotatable bonds is 3. The lowest BCUT2D eigenvalue weighted by atomic mass is 9.97. The van der Waals surface area contributed by atoms with Gasteiger partial charge in [0, 0.05) is 11.0 Å². The third-order valence-corrected chi connectivity index (χ3v) is 4.38. The van der Waals surface area contributed by atoms with Crippen LogP contribution in [0.4, 0.5) is 10.1 Å². The third-order valence-electron chi connectivity index (χ3n) is 3.72. The minimum atomic E-state index is -0.524. The molecule has 0 unspecified atom stereocenters. The Hall–Kier alpha value is -1.14. The van der Waals surface area contributed by atoms with Crippen molar-refractivity contribution in [3.05, 3.63) is 28.0 Å². The van der Waals surface area contributed by atoms with Gasteiger partial charge in [-0.15, -0.1) is 0 Å². The van der Waals surface area contributed by atoms with E-state index in [0.29, 0.717) is 22.5 Å². The summed E-state index contributed by atoms with van der Waals surface area (Å²) in [6.45, 7) is 2.78. The highest BCUT2D eigenvalue weighted by atomic mass is 79.9. The number of nitrogens with one attached hydrogen (secondary N) is 1. The topological polar surface area (TPSA) is 58.4 Å². The molecule has 0 aromatic heterocycles. The summed E-state index contributed by atoms with van der Waals surface area (Å²) in [4.78, 5) is 14.4. The maximum absolute atomic E-state index is 13.2. The summed E-state index contributed by atoms with van der Waals surface area (Å²) in [6, 6.07) is 2.59. The van der Waals surface area contributed by atoms with E-state index in [1.807, 2.05) is 0 Å². The van der Waals surface area contributed by atoms with Gasteiger partial charge in [-0.25, -0.2) is 4.39 Å². The fourth-order valence-corrected chi connectivity index (χ4v) is 2.83. The number of anilines is 1. The van der Waals surface area contributed by atoms with Gasteiger partial charge in [0.15, 0.2) is 0 Å². The molecule has 1 fully saturated rings. The van der Waals surface area contributed by atoms with Crippen LogP contribution in [0, 0.1) is 11.7 Å². The average Bonchev–Trinajstić information content (AvgIpc) is 2.42. The number of carbonyl (C=O) groups is 1. The molecule has 0 radical (unpaired) electrons. The molecule has 0 atom stereocenters. The van der Waals surface area contributed by atoms with Gasteiger partial charge in [-0.05, 0) is 67.0 Å². The molecule has 0 saturated carbocycles. The number of carbonyl (C=O) groups excluding carboxylic acids is 1. The van der Waals surface area contributed by atoms with Gasteiger partial charge in [-0.1, -0.05) is 0 Å². The van der Waals surface area contributed by atoms with Crippen molar-refractivity contribution in [2.24, 2.45) is 5.92 Å². The van der Waals surface area contributed by atoms with Crippen LogP contribution in [0.25, 0.3) is 0 Å². The van der Waals surface area contributed by atoms with E-state index >= 15 is 0 Å². The number of nitrogens with two attached hydrogens (primary N) is 1. The van der Waals surface area contributed by atoms with Crippen molar-refractivity contribution in [1.29, 1.82) is 0 Å². The summed E-state index contributed by atoms with van der Waals surface area (Å²) in [5, 5.41) is 2.91. The van der Waals surface area contributed by atoms with Crippen LogP contribution >= 0.6 is 15.9 Å². The summed E-state index contributed by atoms with van der Waals surface area (Å²) in [5.41, 5.74) is 5.86. The summed E-state index contributed by atoms with van der Waals surface area (Å²) in [6.07, 6.45) is 2.17. The Kier molecular flexibility index (Phi) is 4.99. The van der Waals surface area contributed by atoms with E-state index in [1.165, 1.54) is 12.1 Å². The number of hydrogen-bond donors (Lipinski definition) is 2. The van der Waals surface area contributed by atoms with Gasteiger partial charge >= 0.3 is 0 Å². The molecule has 0 aliphatic carbocycles. The molecule has 3 N–H and O–H groups in total. The van der Waals surface area contributed by atoms with Crippen molar-refractivity contribution < 1.29 is 9.18 Å². The van der Waals surface area contributed by atoms with Gasteiger partial charge in [0.1, 0.15) is 5.82 Å². The van der Waals surface area contributed by atoms with Crippen molar-refractivity contribution >= 4 is 27.5 Å². The molecule has 1 heterocycles. The minimum Gasteiger partial charge on any atom is -0.396 e. The Morgan fingerprint density at radius 3 is 2.80 bits per heavy atom. The fourth-order valence-electron chi connectivity index (χ4n) is 2.34. The Morgan fingerprint density at radius 1 is 1.50 bits per heavy atom. The zero-order chi connectivity index (χ0) is 14.7. The molecule has 6 heteroatoms. The Balaban J connectivity index is 1.93. The molecular formula is C14H19BrFN3O.